The van der Waals surface area contributed by atoms with Gasteiger partial charge in [-0.25, -0.2) is 14.8 Å². The molecule has 0 radical (unpaired) electrons. The molecule has 2 N–H and O–H groups in total. The standard InChI is InChI=1S/C19H11BrClF3N4O3/c20-14-4-2-1-3-12(14)16(29)28-17(30)27-11-5-6-15(13(7-11)19(22,23)24)31-18-25-8-10(21)9-26-18/h1-9H,(H2,27,28,29,30). The zero-order chi connectivity index (χ0) is 22.6. The summed E-state index contributed by atoms with van der Waals surface area (Å²) in [5.41, 5.74) is -1.21. The lowest BCUT2D eigenvalue weighted by Crippen LogP contribution is -2.34. The molecule has 0 atom stereocenters. The first-order valence-electron chi connectivity index (χ1n) is 8.37. The highest BCUT2D eigenvalue weighted by molar-refractivity contribution is 9.10. The molecule has 3 amide bonds. The minimum absolute atomic E-state index is 0.181. The van der Waals surface area contributed by atoms with E-state index in [-0.39, 0.29) is 22.3 Å². The number of amides is 3. The van der Waals surface area contributed by atoms with Crippen LogP contribution in [0.5, 0.6) is 11.8 Å². The number of nitrogens with one attached hydrogen (secondary N) is 2. The van der Waals surface area contributed by atoms with E-state index in [1.54, 1.807) is 18.2 Å². The van der Waals surface area contributed by atoms with Crippen LogP contribution >= 0.6 is 27.5 Å². The molecular formula is C19H11BrClF3N4O3. The summed E-state index contributed by atoms with van der Waals surface area (Å²) in [4.78, 5) is 31.6. The molecule has 0 fully saturated rings. The third kappa shape index (κ3) is 5.92. The largest absolute Gasteiger partial charge is 0.424 e. The van der Waals surface area contributed by atoms with E-state index in [2.05, 4.69) is 31.2 Å². The SMILES string of the molecule is O=C(NC(=O)c1ccccc1Br)Nc1ccc(Oc2ncc(Cl)cn2)c(C(F)(F)F)c1. The Bertz CT molecular complexity index is 1130. The molecule has 12 heteroatoms. The van der Waals surface area contributed by atoms with E-state index in [0.717, 1.165) is 6.07 Å². The number of aromatic nitrogens is 2. The van der Waals surface area contributed by atoms with Crippen molar-refractivity contribution in [3.63, 3.8) is 0 Å². The van der Waals surface area contributed by atoms with Crippen molar-refractivity contribution in [2.24, 2.45) is 0 Å². The van der Waals surface area contributed by atoms with Gasteiger partial charge in [-0.1, -0.05) is 23.7 Å². The molecule has 7 nitrogen and oxygen atoms in total. The van der Waals surface area contributed by atoms with Gasteiger partial charge in [0.2, 0.25) is 0 Å². The summed E-state index contributed by atoms with van der Waals surface area (Å²) in [6, 6.07) is 7.82. The molecule has 3 aromatic rings. The molecule has 0 aliphatic carbocycles. The van der Waals surface area contributed by atoms with E-state index < -0.39 is 29.4 Å². The first-order valence-corrected chi connectivity index (χ1v) is 9.54. The van der Waals surface area contributed by atoms with Crippen LogP contribution in [0, 0.1) is 0 Å². The molecule has 0 aliphatic heterocycles. The number of nitrogens with zero attached hydrogens (tertiary/aromatic N) is 2. The average molecular weight is 516 g/mol. The summed E-state index contributed by atoms with van der Waals surface area (Å²) in [6.07, 6.45) is -2.47. The number of rotatable bonds is 4. The van der Waals surface area contributed by atoms with Crippen molar-refractivity contribution in [1.82, 2.24) is 15.3 Å². The zero-order valence-electron chi connectivity index (χ0n) is 15.2. The quantitative estimate of drug-likeness (QED) is 0.467. The number of imide groups is 1. The Morgan fingerprint density at radius 3 is 2.39 bits per heavy atom. The maximum atomic E-state index is 13.5. The molecular weight excluding hydrogens is 505 g/mol. The lowest BCUT2D eigenvalue weighted by Gasteiger charge is -2.15. The number of carbonyl (C=O) groups is 2. The molecule has 0 bridgehead atoms. The van der Waals surface area contributed by atoms with E-state index in [0.29, 0.717) is 10.5 Å². The molecule has 1 heterocycles. The van der Waals surface area contributed by atoms with Crippen LogP contribution in [0.15, 0.2) is 59.3 Å². The van der Waals surface area contributed by atoms with Gasteiger partial charge in [-0.15, -0.1) is 0 Å². The zero-order valence-corrected chi connectivity index (χ0v) is 17.5. The third-order valence-electron chi connectivity index (χ3n) is 3.69. The number of ether oxygens (including phenoxy) is 1. The van der Waals surface area contributed by atoms with Crippen molar-refractivity contribution in [2.45, 2.75) is 6.18 Å². The van der Waals surface area contributed by atoms with E-state index in [1.165, 1.54) is 24.5 Å². The molecule has 0 spiro atoms. The summed E-state index contributed by atoms with van der Waals surface area (Å²) < 4.78 is 46.0. The number of carbonyl (C=O) groups excluding carboxylic acids is 2. The van der Waals surface area contributed by atoms with Crippen LogP contribution in [0.4, 0.5) is 23.7 Å². The number of urea groups is 1. The molecule has 0 aliphatic rings. The first kappa shape index (κ1) is 22.5. The molecule has 3 rings (SSSR count). The van der Waals surface area contributed by atoms with Gasteiger partial charge in [0.25, 0.3) is 5.91 Å². The number of alkyl halides is 3. The van der Waals surface area contributed by atoms with Crippen LogP contribution < -0.4 is 15.4 Å². The van der Waals surface area contributed by atoms with Crippen LogP contribution in [0.1, 0.15) is 15.9 Å². The Morgan fingerprint density at radius 1 is 1.06 bits per heavy atom. The van der Waals surface area contributed by atoms with Crippen LogP contribution in [0.25, 0.3) is 0 Å². The molecule has 0 unspecified atom stereocenters. The fourth-order valence-corrected chi connectivity index (χ4v) is 2.91. The highest BCUT2D eigenvalue weighted by Gasteiger charge is 2.35. The van der Waals surface area contributed by atoms with Gasteiger partial charge in [-0.05, 0) is 46.3 Å². The molecule has 31 heavy (non-hydrogen) atoms. The molecule has 0 saturated heterocycles. The Kier molecular flexibility index (Phi) is 6.76. The lowest BCUT2D eigenvalue weighted by molar-refractivity contribution is -0.138. The van der Waals surface area contributed by atoms with Gasteiger partial charge in [0.05, 0.1) is 23.0 Å². The highest BCUT2D eigenvalue weighted by Crippen LogP contribution is 2.39. The predicted octanol–water partition coefficient (Wildman–Crippen LogP) is 5.67. The van der Waals surface area contributed by atoms with Crippen molar-refractivity contribution in [3.05, 3.63) is 75.5 Å². The number of hydrogen-bond donors (Lipinski definition) is 2. The number of benzene rings is 2. The van der Waals surface area contributed by atoms with Crippen molar-refractivity contribution >= 4 is 45.2 Å². The summed E-state index contributed by atoms with van der Waals surface area (Å²) in [7, 11) is 0. The van der Waals surface area contributed by atoms with Crippen molar-refractivity contribution in [3.8, 4) is 11.8 Å². The molecule has 160 valence electrons. The topological polar surface area (TPSA) is 93.2 Å². The van der Waals surface area contributed by atoms with E-state index in [4.69, 9.17) is 16.3 Å². The van der Waals surface area contributed by atoms with E-state index in [9.17, 15) is 22.8 Å². The molecule has 0 saturated carbocycles. The summed E-state index contributed by atoms with van der Waals surface area (Å²) in [5, 5.41) is 4.41. The van der Waals surface area contributed by atoms with Gasteiger partial charge in [-0.3, -0.25) is 10.1 Å². The van der Waals surface area contributed by atoms with Crippen LogP contribution in [-0.2, 0) is 6.18 Å². The predicted molar refractivity (Wildman–Crippen MR) is 109 cm³/mol. The van der Waals surface area contributed by atoms with E-state index >= 15 is 0 Å². The number of hydrogen-bond acceptors (Lipinski definition) is 5. The maximum absolute atomic E-state index is 13.5. The van der Waals surface area contributed by atoms with Crippen molar-refractivity contribution < 1.29 is 27.5 Å². The van der Waals surface area contributed by atoms with Gasteiger partial charge in [0, 0.05) is 10.2 Å². The minimum atomic E-state index is -4.80. The van der Waals surface area contributed by atoms with Crippen molar-refractivity contribution in [1.29, 1.82) is 0 Å². The molecule has 1 aromatic heterocycles. The fourth-order valence-electron chi connectivity index (χ4n) is 2.35. The van der Waals surface area contributed by atoms with Crippen LogP contribution in [-0.4, -0.2) is 21.9 Å². The Balaban J connectivity index is 1.77. The van der Waals surface area contributed by atoms with Gasteiger partial charge in [0.1, 0.15) is 11.3 Å². The average Bonchev–Trinajstić information content (AvgIpc) is 2.70. The summed E-state index contributed by atoms with van der Waals surface area (Å²) >= 11 is 8.81. The monoisotopic (exact) mass is 514 g/mol. The van der Waals surface area contributed by atoms with Gasteiger partial charge in [-0.2, -0.15) is 13.2 Å². The highest BCUT2D eigenvalue weighted by atomic mass is 79.9. The molecule has 2 aromatic carbocycles. The fraction of sp³-hybridized carbons (Fsp3) is 0.0526. The first-order chi connectivity index (χ1) is 14.6. The van der Waals surface area contributed by atoms with Gasteiger partial charge >= 0.3 is 18.2 Å². The third-order valence-corrected chi connectivity index (χ3v) is 4.57. The second kappa shape index (κ2) is 9.31. The summed E-state index contributed by atoms with van der Waals surface area (Å²) in [5.74, 6) is -1.31. The Morgan fingerprint density at radius 2 is 1.74 bits per heavy atom. The normalized spacial score (nSPS) is 11.0. The Hall–Kier alpha value is -3.18. The number of anilines is 1. The lowest BCUT2D eigenvalue weighted by atomic mass is 10.1. The van der Waals surface area contributed by atoms with Gasteiger partial charge in [0.15, 0.2) is 0 Å². The Labute approximate surface area is 186 Å². The minimum Gasteiger partial charge on any atom is -0.424 e. The summed E-state index contributed by atoms with van der Waals surface area (Å²) in [6.45, 7) is 0. The number of halogens is 5. The smallest absolute Gasteiger partial charge is 0.420 e. The van der Waals surface area contributed by atoms with Gasteiger partial charge < -0.3 is 10.1 Å². The van der Waals surface area contributed by atoms with Crippen molar-refractivity contribution in [2.75, 3.05) is 5.32 Å². The van der Waals surface area contributed by atoms with Crippen LogP contribution in [0.2, 0.25) is 5.02 Å². The second-order valence-corrected chi connectivity index (χ2v) is 7.17. The second-order valence-electron chi connectivity index (χ2n) is 5.88. The maximum Gasteiger partial charge on any atom is 0.420 e. The van der Waals surface area contributed by atoms with Crippen LogP contribution in [0.3, 0.4) is 0 Å². The van der Waals surface area contributed by atoms with E-state index in [1.807, 2.05) is 5.32 Å².